The Hall–Kier alpha value is -3.08. The predicted octanol–water partition coefficient (Wildman–Crippen LogP) is 4.24. The van der Waals surface area contributed by atoms with Gasteiger partial charge in [0.05, 0.1) is 6.20 Å². The van der Waals surface area contributed by atoms with Crippen LogP contribution in [-0.4, -0.2) is 42.0 Å². The van der Waals surface area contributed by atoms with E-state index in [1.807, 2.05) is 17.0 Å². The van der Waals surface area contributed by atoms with Crippen LogP contribution >= 0.6 is 0 Å². The number of hydrogen-bond donors (Lipinski definition) is 0. The minimum Gasteiger partial charge on any atom is -0.441 e. The normalized spacial score (nSPS) is 14.3. The van der Waals surface area contributed by atoms with Crippen molar-refractivity contribution in [2.45, 2.75) is 26.7 Å². The molecule has 2 aromatic carbocycles. The fourth-order valence-electron chi connectivity index (χ4n) is 3.68. The molecule has 0 N–H and O–H groups in total. The van der Waals surface area contributed by atoms with Crippen molar-refractivity contribution in [3.8, 4) is 11.3 Å². The molecule has 5 heteroatoms. The maximum Gasteiger partial charge on any atom is 0.223 e. The number of anilines is 1. The van der Waals surface area contributed by atoms with E-state index in [0.717, 1.165) is 37.5 Å². The van der Waals surface area contributed by atoms with E-state index in [1.165, 1.54) is 16.8 Å². The van der Waals surface area contributed by atoms with Crippen molar-refractivity contribution in [2.24, 2.45) is 0 Å². The summed E-state index contributed by atoms with van der Waals surface area (Å²) in [7, 11) is 0. The molecule has 1 aliphatic rings. The Morgan fingerprint density at radius 3 is 2.48 bits per heavy atom. The van der Waals surface area contributed by atoms with Crippen LogP contribution in [0, 0.1) is 13.8 Å². The molecule has 2 heterocycles. The summed E-state index contributed by atoms with van der Waals surface area (Å²) in [6, 6.07) is 16.6. The van der Waals surface area contributed by atoms with Gasteiger partial charge in [0.2, 0.25) is 5.91 Å². The van der Waals surface area contributed by atoms with Crippen LogP contribution in [0.15, 0.2) is 59.1 Å². The summed E-state index contributed by atoms with van der Waals surface area (Å²) in [5.41, 5.74) is 4.73. The smallest absolute Gasteiger partial charge is 0.223 e. The number of nitrogens with zero attached hydrogens (tertiary/aromatic N) is 3. The third-order valence-electron chi connectivity index (χ3n) is 5.65. The molecule has 29 heavy (non-hydrogen) atoms. The Kier molecular flexibility index (Phi) is 5.65. The highest BCUT2D eigenvalue weighted by Gasteiger charge is 2.21. The maximum absolute atomic E-state index is 12.6. The highest BCUT2D eigenvalue weighted by Crippen LogP contribution is 2.23. The lowest BCUT2D eigenvalue weighted by molar-refractivity contribution is -0.131. The first-order chi connectivity index (χ1) is 14.1. The number of amides is 1. The van der Waals surface area contributed by atoms with Crippen molar-refractivity contribution in [1.29, 1.82) is 0 Å². The number of rotatable bonds is 5. The van der Waals surface area contributed by atoms with Crippen molar-refractivity contribution in [2.75, 3.05) is 31.1 Å². The highest BCUT2D eigenvalue weighted by molar-refractivity contribution is 5.76. The van der Waals surface area contributed by atoms with Gasteiger partial charge in [0, 0.05) is 50.3 Å². The fourth-order valence-corrected chi connectivity index (χ4v) is 3.68. The van der Waals surface area contributed by atoms with Gasteiger partial charge in [0.1, 0.15) is 0 Å². The quantitative estimate of drug-likeness (QED) is 0.655. The van der Waals surface area contributed by atoms with Gasteiger partial charge in [-0.15, -0.1) is 0 Å². The van der Waals surface area contributed by atoms with Gasteiger partial charge in [-0.25, -0.2) is 4.98 Å². The molecule has 0 radical (unpaired) electrons. The summed E-state index contributed by atoms with van der Waals surface area (Å²) in [5.74, 6) is 1.55. The second-order valence-corrected chi connectivity index (χ2v) is 7.62. The van der Waals surface area contributed by atoms with E-state index in [9.17, 15) is 4.79 Å². The molecule has 1 fully saturated rings. The Morgan fingerprint density at radius 1 is 1.00 bits per heavy atom. The van der Waals surface area contributed by atoms with Crippen molar-refractivity contribution in [3.63, 3.8) is 0 Å². The number of carbonyl (C=O) groups is 1. The highest BCUT2D eigenvalue weighted by atomic mass is 16.4. The number of para-hydroxylation sites is 1. The lowest BCUT2D eigenvalue weighted by Gasteiger charge is -2.36. The molecule has 1 saturated heterocycles. The third kappa shape index (κ3) is 4.50. The van der Waals surface area contributed by atoms with Crippen LogP contribution < -0.4 is 4.90 Å². The second kappa shape index (κ2) is 8.52. The molecule has 0 spiro atoms. The SMILES string of the molecule is Cc1ccc(-c2cnc(CCC(=O)N3CCN(c4ccccc4)CC3)o2)cc1C. The molecule has 1 amide bonds. The van der Waals surface area contributed by atoms with E-state index >= 15 is 0 Å². The Bertz CT molecular complexity index is 973. The largest absolute Gasteiger partial charge is 0.441 e. The van der Waals surface area contributed by atoms with E-state index < -0.39 is 0 Å². The number of aryl methyl sites for hydroxylation is 3. The molecule has 0 aliphatic carbocycles. The zero-order valence-electron chi connectivity index (χ0n) is 17.1. The summed E-state index contributed by atoms with van der Waals surface area (Å²) >= 11 is 0. The third-order valence-corrected chi connectivity index (χ3v) is 5.65. The molecule has 3 aromatic rings. The molecular formula is C24H27N3O2. The Labute approximate surface area is 172 Å². The van der Waals surface area contributed by atoms with Crippen LogP contribution in [0.4, 0.5) is 5.69 Å². The van der Waals surface area contributed by atoms with Crippen LogP contribution in [0.3, 0.4) is 0 Å². The van der Waals surface area contributed by atoms with E-state index in [4.69, 9.17) is 4.42 Å². The Morgan fingerprint density at radius 2 is 1.76 bits per heavy atom. The van der Waals surface area contributed by atoms with Gasteiger partial charge in [-0.2, -0.15) is 0 Å². The molecule has 5 nitrogen and oxygen atoms in total. The molecule has 1 aliphatic heterocycles. The number of hydrogen-bond acceptors (Lipinski definition) is 4. The van der Waals surface area contributed by atoms with Crippen LogP contribution in [-0.2, 0) is 11.2 Å². The van der Waals surface area contributed by atoms with Crippen LogP contribution in [0.25, 0.3) is 11.3 Å². The van der Waals surface area contributed by atoms with E-state index in [1.54, 1.807) is 6.20 Å². The topological polar surface area (TPSA) is 49.6 Å². The van der Waals surface area contributed by atoms with Gasteiger partial charge in [-0.05, 0) is 43.2 Å². The Balaban J connectivity index is 1.29. The summed E-state index contributed by atoms with van der Waals surface area (Å²) in [5, 5.41) is 0. The van der Waals surface area contributed by atoms with Gasteiger partial charge in [0.15, 0.2) is 11.7 Å². The van der Waals surface area contributed by atoms with Crippen LogP contribution in [0.1, 0.15) is 23.4 Å². The molecule has 4 rings (SSSR count). The lowest BCUT2D eigenvalue weighted by Crippen LogP contribution is -2.48. The van der Waals surface area contributed by atoms with E-state index in [0.29, 0.717) is 18.7 Å². The number of aromatic nitrogens is 1. The second-order valence-electron chi connectivity index (χ2n) is 7.62. The monoisotopic (exact) mass is 389 g/mol. The standard InChI is InChI=1S/C24H27N3O2/c1-18-8-9-20(16-19(18)2)22-17-25-23(29-22)10-11-24(28)27-14-12-26(13-15-27)21-6-4-3-5-7-21/h3-9,16-17H,10-15H2,1-2H3. The summed E-state index contributed by atoms with van der Waals surface area (Å²) < 4.78 is 5.89. The zero-order chi connectivity index (χ0) is 20.2. The van der Waals surface area contributed by atoms with Gasteiger partial charge >= 0.3 is 0 Å². The van der Waals surface area contributed by atoms with Crippen molar-refractivity contribution in [1.82, 2.24) is 9.88 Å². The van der Waals surface area contributed by atoms with Crippen molar-refractivity contribution < 1.29 is 9.21 Å². The molecular weight excluding hydrogens is 362 g/mol. The van der Waals surface area contributed by atoms with Crippen LogP contribution in [0.2, 0.25) is 0 Å². The number of benzene rings is 2. The average Bonchev–Trinajstić information content (AvgIpc) is 3.24. The van der Waals surface area contributed by atoms with Crippen LogP contribution in [0.5, 0.6) is 0 Å². The van der Waals surface area contributed by atoms with Gasteiger partial charge in [-0.3, -0.25) is 4.79 Å². The zero-order valence-corrected chi connectivity index (χ0v) is 17.1. The summed E-state index contributed by atoms with van der Waals surface area (Å²) in [6.45, 7) is 7.43. The van der Waals surface area contributed by atoms with E-state index in [2.05, 4.69) is 60.1 Å². The maximum atomic E-state index is 12.6. The molecule has 1 aromatic heterocycles. The predicted molar refractivity (Wildman–Crippen MR) is 115 cm³/mol. The fraction of sp³-hybridized carbons (Fsp3) is 0.333. The minimum atomic E-state index is 0.170. The summed E-state index contributed by atoms with van der Waals surface area (Å²) in [4.78, 5) is 21.3. The van der Waals surface area contributed by atoms with Crippen molar-refractivity contribution in [3.05, 3.63) is 71.7 Å². The molecule has 0 bridgehead atoms. The van der Waals surface area contributed by atoms with Crippen molar-refractivity contribution >= 4 is 11.6 Å². The molecule has 0 saturated carbocycles. The number of oxazole rings is 1. The lowest BCUT2D eigenvalue weighted by atomic mass is 10.1. The minimum absolute atomic E-state index is 0.170. The van der Waals surface area contributed by atoms with Gasteiger partial charge < -0.3 is 14.2 Å². The summed E-state index contributed by atoms with van der Waals surface area (Å²) in [6.07, 6.45) is 2.71. The van der Waals surface area contributed by atoms with Gasteiger partial charge in [0.25, 0.3) is 0 Å². The first kappa shape index (κ1) is 19.2. The number of carbonyl (C=O) groups excluding carboxylic acids is 1. The van der Waals surface area contributed by atoms with E-state index in [-0.39, 0.29) is 5.91 Å². The molecule has 0 unspecified atom stereocenters. The molecule has 0 atom stereocenters. The first-order valence-electron chi connectivity index (χ1n) is 10.2. The van der Waals surface area contributed by atoms with Gasteiger partial charge in [-0.1, -0.05) is 30.3 Å². The molecule has 150 valence electrons. The average molecular weight is 389 g/mol. The first-order valence-corrected chi connectivity index (χ1v) is 10.2. The number of piperazine rings is 1.